The molecule has 3 aliphatic rings. The number of ketones is 1. The molecule has 1 amide bonds. The summed E-state index contributed by atoms with van der Waals surface area (Å²) in [6.07, 6.45) is -0.865. The van der Waals surface area contributed by atoms with Gasteiger partial charge < -0.3 is 14.7 Å². The highest BCUT2D eigenvalue weighted by Gasteiger charge is 2.70. The number of Topliss-reactive ketones (excluding diaryl/α,β-unsaturated/α-hetero) is 1. The molecule has 40 heavy (non-hydrogen) atoms. The summed E-state index contributed by atoms with van der Waals surface area (Å²) in [6, 6.07) is 13.0. The van der Waals surface area contributed by atoms with Crippen LogP contribution in [-0.4, -0.2) is 49.2 Å². The molecule has 10 heteroatoms. The van der Waals surface area contributed by atoms with Crippen LogP contribution in [0.25, 0.3) is 10.9 Å². The molecule has 3 aromatic rings. The number of hydrogen-bond donors (Lipinski definition) is 1. The smallest absolute Gasteiger partial charge is 0.330 e. The number of hydroxylamine groups is 2. The minimum Gasteiger partial charge on any atom is -0.449 e. The Kier molecular flexibility index (Phi) is 5.80. The molecule has 1 spiro atoms. The van der Waals surface area contributed by atoms with Gasteiger partial charge in [-0.2, -0.15) is 0 Å². The molecule has 4 heterocycles. The highest BCUT2D eigenvalue weighted by molar-refractivity contribution is 6.05. The second-order valence-electron chi connectivity index (χ2n) is 11.9. The topological polar surface area (TPSA) is 122 Å². The van der Waals surface area contributed by atoms with Gasteiger partial charge in [-0.25, -0.2) is 9.78 Å². The number of amides is 1. The molecule has 0 saturated carbocycles. The fourth-order valence-corrected chi connectivity index (χ4v) is 6.59. The van der Waals surface area contributed by atoms with Crippen molar-refractivity contribution in [1.29, 1.82) is 0 Å². The van der Waals surface area contributed by atoms with E-state index in [0.717, 1.165) is 5.06 Å². The second kappa shape index (κ2) is 8.81. The Morgan fingerprint density at radius 1 is 1.10 bits per heavy atom. The quantitative estimate of drug-likeness (QED) is 0.483. The van der Waals surface area contributed by atoms with E-state index in [1.807, 2.05) is 13.8 Å². The predicted octanol–water partition coefficient (Wildman–Crippen LogP) is 3.65. The lowest BCUT2D eigenvalue weighted by atomic mass is 9.86. The van der Waals surface area contributed by atoms with Crippen molar-refractivity contribution < 1.29 is 24.3 Å². The van der Waals surface area contributed by atoms with Gasteiger partial charge in [0.15, 0.2) is 11.8 Å². The van der Waals surface area contributed by atoms with Gasteiger partial charge >= 0.3 is 5.97 Å². The summed E-state index contributed by atoms with van der Waals surface area (Å²) in [5.41, 5.74) is -1.46. The molecule has 1 N–H and O–H groups in total. The van der Waals surface area contributed by atoms with E-state index in [4.69, 9.17) is 9.72 Å². The third-order valence-corrected chi connectivity index (χ3v) is 8.67. The van der Waals surface area contributed by atoms with Crippen molar-refractivity contribution in [3.63, 3.8) is 0 Å². The number of ether oxygens (including phenoxy) is 1. The molecule has 2 aromatic carbocycles. The number of benzene rings is 2. The number of para-hydroxylation sites is 2. The van der Waals surface area contributed by atoms with E-state index in [-0.39, 0.29) is 30.4 Å². The number of esters is 1. The fraction of sp³-hybridized carbons (Fsp3) is 0.433. The Hall–Kier alpha value is -3.89. The van der Waals surface area contributed by atoms with Crippen molar-refractivity contribution in [2.45, 2.75) is 76.7 Å². The molecule has 4 atom stereocenters. The van der Waals surface area contributed by atoms with Crippen molar-refractivity contribution in [3.05, 3.63) is 70.3 Å². The van der Waals surface area contributed by atoms with E-state index in [1.165, 1.54) is 16.4 Å². The van der Waals surface area contributed by atoms with Crippen LogP contribution in [-0.2, 0) is 24.7 Å². The zero-order valence-electron chi connectivity index (χ0n) is 23.1. The van der Waals surface area contributed by atoms with Crippen LogP contribution in [0.3, 0.4) is 0 Å². The van der Waals surface area contributed by atoms with E-state index >= 15 is 0 Å². The maximum absolute atomic E-state index is 14.1. The number of hydrogen-bond acceptors (Lipinski definition) is 8. The summed E-state index contributed by atoms with van der Waals surface area (Å²) in [5, 5.41) is 12.6. The molecule has 3 aliphatic heterocycles. The van der Waals surface area contributed by atoms with Crippen LogP contribution in [0.2, 0.25) is 0 Å². The van der Waals surface area contributed by atoms with E-state index < -0.39 is 40.8 Å². The number of aromatic nitrogens is 2. The molecule has 10 nitrogen and oxygen atoms in total. The second-order valence-corrected chi connectivity index (χ2v) is 11.9. The van der Waals surface area contributed by atoms with Crippen LogP contribution in [0.4, 0.5) is 5.69 Å². The van der Waals surface area contributed by atoms with Crippen molar-refractivity contribution in [3.8, 4) is 0 Å². The fourth-order valence-electron chi connectivity index (χ4n) is 6.59. The zero-order valence-corrected chi connectivity index (χ0v) is 23.1. The lowest BCUT2D eigenvalue weighted by molar-refractivity contribution is -0.209. The first-order valence-electron chi connectivity index (χ1n) is 13.5. The van der Waals surface area contributed by atoms with Crippen LogP contribution in [0.1, 0.15) is 70.8 Å². The minimum absolute atomic E-state index is 0.0117. The van der Waals surface area contributed by atoms with Crippen LogP contribution < -0.4 is 10.5 Å². The average molecular weight is 545 g/mol. The van der Waals surface area contributed by atoms with E-state index in [2.05, 4.69) is 0 Å². The van der Waals surface area contributed by atoms with Crippen LogP contribution in [0, 0.1) is 5.92 Å². The molecule has 2 fully saturated rings. The van der Waals surface area contributed by atoms with Gasteiger partial charge in [0.2, 0.25) is 0 Å². The summed E-state index contributed by atoms with van der Waals surface area (Å²) < 4.78 is 7.57. The van der Waals surface area contributed by atoms with E-state index in [0.29, 0.717) is 28.0 Å². The number of nitrogens with zero attached hydrogens (tertiary/aromatic N) is 4. The molecule has 0 aliphatic carbocycles. The molecule has 0 bridgehead atoms. The molecule has 0 unspecified atom stereocenters. The molecule has 2 saturated heterocycles. The highest BCUT2D eigenvalue weighted by atomic mass is 16.6. The van der Waals surface area contributed by atoms with Crippen molar-refractivity contribution >= 4 is 34.3 Å². The Bertz CT molecular complexity index is 1640. The molecule has 1 aromatic heterocycles. The maximum Gasteiger partial charge on any atom is 0.330 e. The predicted molar refractivity (Wildman–Crippen MR) is 146 cm³/mol. The van der Waals surface area contributed by atoms with Crippen molar-refractivity contribution in [1.82, 2.24) is 14.6 Å². The van der Waals surface area contributed by atoms with Gasteiger partial charge in [-0.15, -0.1) is 5.06 Å². The zero-order chi connectivity index (χ0) is 28.7. The van der Waals surface area contributed by atoms with Gasteiger partial charge in [0.25, 0.3) is 11.5 Å². The number of rotatable bonds is 5. The summed E-state index contributed by atoms with van der Waals surface area (Å²) in [6.45, 7) is 8.63. The van der Waals surface area contributed by atoms with Crippen LogP contribution in [0.15, 0.2) is 53.3 Å². The van der Waals surface area contributed by atoms with Gasteiger partial charge in [0.1, 0.15) is 23.2 Å². The lowest BCUT2D eigenvalue weighted by Crippen LogP contribution is -2.52. The largest absolute Gasteiger partial charge is 0.449 e. The van der Waals surface area contributed by atoms with Gasteiger partial charge in [0, 0.05) is 24.3 Å². The molecule has 0 radical (unpaired) electrons. The molecule has 208 valence electrons. The first-order chi connectivity index (χ1) is 18.9. The monoisotopic (exact) mass is 544 g/mol. The Balaban J connectivity index is 1.57. The van der Waals surface area contributed by atoms with Gasteiger partial charge in [-0.1, -0.05) is 44.2 Å². The molecular weight excluding hydrogens is 512 g/mol. The average Bonchev–Trinajstić information content (AvgIpc) is 3.45. The van der Waals surface area contributed by atoms with Gasteiger partial charge in [-0.3, -0.25) is 19.1 Å². The Labute approximate surface area is 231 Å². The number of fused-ring (bicyclic) bond motifs is 6. The SMILES string of the molecule is CC(=O)C[C@H](c1nc2ccccc2c(=O)n1[C@@H]1C[C@]2(OC1=O)c1ccccc1N1C(=O)C(C)(C)N(O)[C@H]12)C(C)C. The number of anilines is 1. The summed E-state index contributed by atoms with van der Waals surface area (Å²) in [4.78, 5) is 60.0. The maximum atomic E-state index is 14.1. The third-order valence-electron chi connectivity index (χ3n) is 8.67. The molecule has 6 rings (SSSR count). The van der Waals surface area contributed by atoms with Gasteiger partial charge in [-0.05, 0) is 44.9 Å². The first-order valence-corrected chi connectivity index (χ1v) is 13.5. The third kappa shape index (κ3) is 3.45. The van der Waals surface area contributed by atoms with Crippen molar-refractivity contribution in [2.75, 3.05) is 4.90 Å². The summed E-state index contributed by atoms with van der Waals surface area (Å²) in [7, 11) is 0. The summed E-state index contributed by atoms with van der Waals surface area (Å²) in [5.74, 6) is -1.17. The Morgan fingerprint density at radius 2 is 1.77 bits per heavy atom. The lowest BCUT2D eigenvalue weighted by Gasteiger charge is -2.35. The molecular formula is C30H32N4O6. The standard InChI is InChI=1S/C30H32N4O6/c1-16(2)19(14-17(3)35)24-31-21-12-8-6-10-18(21)25(36)32(24)23-15-30(40-26(23)37)20-11-7-9-13-22(20)33-27(30)34(39)29(4,5)28(33)38/h6-13,16,19,23,27,39H,14-15H2,1-5H3/t19-,23+,27-,30-/m0/s1. The summed E-state index contributed by atoms with van der Waals surface area (Å²) >= 11 is 0. The minimum atomic E-state index is -1.42. The highest BCUT2D eigenvalue weighted by Crippen LogP contribution is 2.58. The van der Waals surface area contributed by atoms with Crippen molar-refractivity contribution in [2.24, 2.45) is 5.92 Å². The Morgan fingerprint density at radius 3 is 2.48 bits per heavy atom. The van der Waals surface area contributed by atoms with Gasteiger partial charge in [0.05, 0.1) is 16.6 Å². The van der Waals surface area contributed by atoms with Crippen LogP contribution >= 0.6 is 0 Å². The number of carbonyl (C=O) groups is 3. The van der Waals surface area contributed by atoms with Crippen LogP contribution in [0.5, 0.6) is 0 Å². The van der Waals surface area contributed by atoms with E-state index in [9.17, 15) is 24.4 Å². The normalized spacial score (nSPS) is 26.0. The first kappa shape index (κ1) is 26.3. The van der Waals surface area contributed by atoms with E-state index in [1.54, 1.807) is 62.4 Å². The number of carbonyl (C=O) groups excluding carboxylic acids is 3.